The van der Waals surface area contributed by atoms with Crippen LogP contribution in [0, 0.1) is 5.92 Å². The molecule has 4 aromatic carbocycles. The number of carbonyl (C=O) groups excluding carboxylic acids is 1. The molecule has 7 rings (SSSR count). The molecular weight excluding hydrogens is 869 g/mol. The summed E-state index contributed by atoms with van der Waals surface area (Å²) >= 11 is 2.77. The molecule has 0 fully saturated rings. The van der Waals surface area contributed by atoms with E-state index >= 15 is 0 Å². The number of benzene rings is 4. The highest BCUT2D eigenvalue weighted by Gasteiger charge is 2.46. The Balaban J connectivity index is 1.36. The second-order valence-electron chi connectivity index (χ2n) is 17.4. The second-order valence-corrected chi connectivity index (χ2v) is 20.8. The fraction of sp³-hybridized carbons (Fsp3) is 0.400. The van der Waals surface area contributed by atoms with Gasteiger partial charge in [-0.3, -0.25) is 9.35 Å². The van der Waals surface area contributed by atoms with E-state index < -0.39 is 21.5 Å². The highest BCUT2D eigenvalue weighted by molar-refractivity contribution is 8.03. The van der Waals surface area contributed by atoms with E-state index in [1.807, 2.05) is 19.1 Å². The van der Waals surface area contributed by atoms with Crippen molar-refractivity contribution in [2.45, 2.75) is 71.1 Å². The first-order valence-corrected chi connectivity index (χ1v) is 25.3. The lowest BCUT2D eigenvalue weighted by molar-refractivity contribution is -0.438. The van der Waals surface area contributed by atoms with E-state index in [0.717, 1.165) is 73.6 Å². The van der Waals surface area contributed by atoms with Crippen LogP contribution in [-0.2, 0) is 44.6 Å². The van der Waals surface area contributed by atoms with Gasteiger partial charge in [-0.2, -0.15) is 13.0 Å². The van der Waals surface area contributed by atoms with Gasteiger partial charge in [0.15, 0.2) is 5.71 Å². The van der Waals surface area contributed by atoms with E-state index in [2.05, 4.69) is 127 Å². The van der Waals surface area contributed by atoms with Crippen molar-refractivity contribution < 1.29 is 46.4 Å². The first kappa shape index (κ1) is 47.7. The topological polar surface area (TPSA) is 135 Å². The van der Waals surface area contributed by atoms with Crippen LogP contribution in [0.3, 0.4) is 0 Å². The minimum Gasteiger partial charge on any atom is -0.466 e. The van der Waals surface area contributed by atoms with Crippen LogP contribution in [0.4, 0.5) is 11.4 Å². The number of thioether (sulfide) groups is 1. The predicted molar refractivity (Wildman–Crippen MR) is 260 cm³/mol. The number of hydrogen-bond acceptors (Lipinski definition) is 11. The Morgan fingerprint density at radius 3 is 2.28 bits per heavy atom. The second kappa shape index (κ2) is 20.5. The highest BCUT2D eigenvalue weighted by atomic mass is 32.2. The van der Waals surface area contributed by atoms with Crippen LogP contribution < -0.4 is 4.90 Å². The van der Waals surface area contributed by atoms with Crippen LogP contribution in [0.5, 0.6) is 0 Å². The molecule has 64 heavy (non-hydrogen) atoms. The number of esters is 1. The summed E-state index contributed by atoms with van der Waals surface area (Å²) in [5, 5.41) is 17.2. The molecule has 2 N–H and O–H groups in total. The standard InChI is InChI=1S/C50H58N2O9S3/c1-7-59-48(53)38-32-36(20-24-43-49(2,3)45-39-16-10-8-14-34(39)18-22-41(45)51(43)26-12-29-63-61-60-54)47(62-30-28-58-6)37(33-38)21-25-44-50(4,5)46-40-17-11-9-15-35(40)19-23-42(46)52(44)27-13-31-64(55,56)57/h8-11,14-25,38H,7,12-13,26-33H2,1-6H3,(H-,54,55,56,57)/p+1. The Morgan fingerprint density at radius 1 is 0.891 bits per heavy atom. The number of hydrogen-bond donors (Lipinski definition) is 2. The summed E-state index contributed by atoms with van der Waals surface area (Å²) in [6.07, 6.45) is 10.7. The molecule has 14 heteroatoms. The molecule has 0 radical (unpaired) electrons. The zero-order valence-electron chi connectivity index (χ0n) is 37.5. The molecule has 0 spiro atoms. The number of anilines is 1. The third-order valence-electron chi connectivity index (χ3n) is 12.5. The van der Waals surface area contributed by atoms with E-state index in [0.29, 0.717) is 44.0 Å². The summed E-state index contributed by atoms with van der Waals surface area (Å²) in [6.45, 7) is 12.7. The molecule has 11 nitrogen and oxygen atoms in total. The lowest BCUT2D eigenvalue weighted by atomic mass is 9.78. The van der Waals surface area contributed by atoms with Gasteiger partial charge in [0.05, 0.1) is 30.3 Å². The third-order valence-corrected chi connectivity index (χ3v) is 15.1. The van der Waals surface area contributed by atoms with E-state index in [1.165, 1.54) is 16.3 Å². The summed E-state index contributed by atoms with van der Waals surface area (Å²) in [6, 6.07) is 25.4. The summed E-state index contributed by atoms with van der Waals surface area (Å²) in [7, 11) is -2.46. The molecule has 340 valence electrons. The van der Waals surface area contributed by atoms with Gasteiger partial charge in [0.2, 0.25) is 5.69 Å². The number of methoxy groups -OCH3 is 1. The van der Waals surface area contributed by atoms with Gasteiger partial charge >= 0.3 is 5.97 Å². The van der Waals surface area contributed by atoms with Gasteiger partial charge in [0.1, 0.15) is 6.54 Å². The molecule has 1 unspecified atom stereocenters. The van der Waals surface area contributed by atoms with Crippen molar-refractivity contribution in [3.8, 4) is 0 Å². The zero-order chi connectivity index (χ0) is 45.6. The van der Waals surface area contributed by atoms with Crippen LogP contribution >= 0.6 is 23.8 Å². The molecule has 0 aromatic heterocycles. The Bertz CT molecular complexity index is 2660. The van der Waals surface area contributed by atoms with Crippen molar-refractivity contribution in [3.05, 3.63) is 130 Å². The monoisotopic (exact) mass is 927 g/mol. The van der Waals surface area contributed by atoms with Crippen molar-refractivity contribution in [3.63, 3.8) is 0 Å². The van der Waals surface area contributed by atoms with E-state index in [4.69, 9.17) is 19.1 Å². The predicted octanol–water partition coefficient (Wildman–Crippen LogP) is 10.9. The maximum atomic E-state index is 13.8. The number of allylic oxidation sites excluding steroid dienone is 7. The minimum atomic E-state index is -4.15. The third kappa shape index (κ3) is 10.1. The van der Waals surface area contributed by atoms with Gasteiger partial charge in [-0.1, -0.05) is 85.6 Å². The fourth-order valence-electron chi connectivity index (χ4n) is 9.78. The van der Waals surface area contributed by atoms with Crippen molar-refractivity contribution >= 4 is 78.5 Å². The summed E-state index contributed by atoms with van der Waals surface area (Å²) in [5.41, 5.74) is 7.89. The molecule has 4 aromatic rings. The Kier molecular flexibility index (Phi) is 15.3. The van der Waals surface area contributed by atoms with Crippen molar-refractivity contribution in [1.29, 1.82) is 0 Å². The maximum Gasteiger partial charge on any atom is 0.309 e. The van der Waals surface area contributed by atoms with Crippen LogP contribution in [0.15, 0.2) is 119 Å². The van der Waals surface area contributed by atoms with Gasteiger partial charge in [0.25, 0.3) is 10.1 Å². The Morgan fingerprint density at radius 2 is 1.59 bits per heavy atom. The van der Waals surface area contributed by atoms with Gasteiger partial charge in [-0.05, 0) is 96.5 Å². The molecule has 0 saturated carbocycles. The summed E-state index contributed by atoms with van der Waals surface area (Å²) in [5.74, 6) is 0.310. The van der Waals surface area contributed by atoms with Crippen LogP contribution in [0.25, 0.3) is 21.5 Å². The molecule has 0 amide bonds. The SMILES string of the molecule is CCOC(=O)C1CC(/C=C/C2=[N+](CCCSOOO)c3ccc4ccccc4c3C2(C)C)=C(SCCOC)C(=C/C=C2/N(CCCS(=O)(=O)O)c3ccc4ccccc4c3C2(C)C)/C1. The number of fused-ring (bicyclic) bond motifs is 6. The smallest absolute Gasteiger partial charge is 0.309 e. The van der Waals surface area contributed by atoms with E-state index in [1.54, 1.807) is 18.9 Å². The average Bonchev–Trinajstić information content (AvgIpc) is 3.62. The van der Waals surface area contributed by atoms with Crippen LogP contribution in [-0.4, -0.2) is 85.2 Å². The normalized spacial score (nSPS) is 19.5. The lowest BCUT2D eigenvalue weighted by Gasteiger charge is -2.29. The molecule has 3 aliphatic rings. The summed E-state index contributed by atoms with van der Waals surface area (Å²) < 4.78 is 51.8. The molecule has 0 bridgehead atoms. The largest absolute Gasteiger partial charge is 0.466 e. The number of rotatable bonds is 19. The van der Waals surface area contributed by atoms with Gasteiger partial charge in [-0.15, -0.1) is 16.1 Å². The minimum absolute atomic E-state index is 0.235. The molecule has 0 saturated heterocycles. The van der Waals surface area contributed by atoms with Gasteiger partial charge in [0, 0.05) is 83.0 Å². The molecule has 2 heterocycles. The number of nitrogens with zero attached hydrogens (tertiary/aromatic N) is 2. The van der Waals surface area contributed by atoms with E-state index in [-0.39, 0.29) is 30.2 Å². The first-order valence-electron chi connectivity index (χ1n) is 21.8. The van der Waals surface area contributed by atoms with Crippen molar-refractivity contribution in [2.75, 3.05) is 55.6 Å². The molecule has 1 atom stereocenters. The van der Waals surface area contributed by atoms with Gasteiger partial charge in [-0.25, -0.2) is 5.26 Å². The molecule has 1 aliphatic carbocycles. The van der Waals surface area contributed by atoms with Crippen molar-refractivity contribution in [2.24, 2.45) is 5.92 Å². The highest BCUT2D eigenvalue weighted by Crippen LogP contribution is 2.51. The summed E-state index contributed by atoms with van der Waals surface area (Å²) in [4.78, 5) is 17.0. The Labute approximate surface area is 385 Å². The zero-order valence-corrected chi connectivity index (χ0v) is 39.9. The Hall–Kier alpha value is -4.25. The van der Waals surface area contributed by atoms with Crippen molar-refractivity contribution in [1.82, 2.24) is 0 Å². The van der Waals surface area contributed by atoms with Crippen LogP contribution in [0.1, 0.15) is 71.4 Å². The molecule has 2 aliphatic heterocycles. The maximum absolute atomic E-state index is 13.8. The molecular formula is C50H59N2O9S3+. The number of carbonyl (C=O) groups is 1. The quantitative estimate of drug-likeness (QED) is 0.0176. The fourth-order valence-corrected chi connectivity index (χ4v) is 11.8. The average molecular weight is 928 g/mol. The van der Waals surface area contributed by atoms with Crippen LogP contribution in [0.2, 0.25) is 0 Å². The number of ether oxygens (including phenoxy) is 2. The van der Waals surface area contributed by atoms with E-state index in [9.17, 15) is 17.8 Å². The van der Waals surface area contributed by atoms with Gasteiger partial charge < -0.3 is 14.4 Å². The first-order chi connectivity index (χ1) is 30.7. The lowest BCUT2D eigenvalue weighted by Crippen LogP contribution is -2.28.